The van der Waals surface area contributed by atoms with Gasteiger partial charge in [-0.05, 0) is 48.7 Å². The van der Waals surface area contributed by atoms with Crippen molar-refractivity contribution >= 4 is 51.8 Å². The molecule has 0 unspecified atom stereocenters. The van der Waals surface area contributed by atoms with Crippen molar-refractivity contribution < 1.29 is 23.9 Å². The van der Waals surface area contributed by atoms with Gasteiger partial charge in [-0.25, -0.2) is 14.6 Å². The predicted molar refractivity (Wildman–Crippen MR) is 156 cm³/mol. The first kappa shape index (κ1) is 26.2. The normalized spacial score (nSPS) is 18.2. The lowest BCUT2D eigenvalue weighted by Crippen LogP contribution is -2.47. The molecule has 2 aromatic carbocycles. The van der Waals surface area contributed by atoms with Crippen LogP contribution in [0.2, 0.25) is 5.02 Å². The van der Waals surface area contributed by atoms with Crippen molar-refractivity contribution in [2.75, 3.05) is 16.8 Å². The smallest absolute Gasteiger partial charge is 0.355 e. The van der Waals surface area contributed by atoms with Gasteiger partial charge in [0.2, 0.25) is 5.60 Å². The molecule has 42 heavy (non-hydrogen) atoms. The van der Waals surface area contributed by atoms with Crippen LogP contribution in [0.15, 0.2) is 53.3 Å². The number of carbonyl (C=O) groups excluding carboxylic acids is 3. The molecule has 11 heteroatoms. The highest BCUT2D eigenvalue weighted by Crippen LogP contribution is 2.47. The van der Waals surface area contributed by atoms with Gasteiger partial charge in [-0.2, -0.15) is 0 Å². The van der Waals surface area contributed by atoms with E-state index in [4.69, 9.17) is 26.1 Å². The lowest BCUT2D eigenvalue weighted by molar-refractivity contribution is -0.188. The molecule has 0 fully saturated rings. The van der Waals surface area contributed by atoms with Crippen molar-refractivity contribution in [3.63, 3.8) is 0 Å². The van der Waals surface area contributed by atoms with Gasteiger partial charge in [-0.15, -0.1) is 0 Å². The number of hydrogen-bond donors (Lipinski definition) is 1. The van der Waals surface area contributed by atoms with Gasteiger partial charge in [0.05, 0.1) is 40.4 Å². The molecule has 0 saturated heterocycles. The van der Waals surface area contributed by atoms with Crippen LogP contribution in [0.25, 0.3) is 22.3 Å². The van der Waals surface area contributed by atoms with Gasteiger partial charge in [0.15, 0.2) is 0 Å². The summed E-state index contributed by atoms with van der Waals surface area (Å²) >= 11 is 6.06. The Kier molecular flexibility index (Phi) is 5.88. The number of rotatable bonds is 5. The third-order valence-corrected chi connectivity index (χ3v) is 8.52. The number of benzene rings is 2. The maximum Gasteiger partial charge on any atom is 0.355 e. The molecule has 212 valence electrons. The Morgan fingerprint density at radius 1 is 1.14 bits per heavy atom. The average Bonchev–Trinajstić information content (AvgIpc) is 3.34. The molecule has 0 radical (unpaired) electrons. The van der Waals surface area contributed by atoms with Crippen LogP contribution in [0.4, 0.5) is 16.2 Å². The minimum atomic E-state index is -1.74. The number of esters is 2. The number of hydrogen-bond acceptors (Lipinski definition) is 7. The molecule has 1 N–H and O–H groups in total. The molecule has 3 aliphatic heterocycles. The highest BCUT2D eigenvalue weighted by atomic mass is 35.5. The zero-order valence-electron chi connectivity index (χ0n) is 22.8. The van der Waals surface area contributed by atoms with Gasteiger partial charge < -0.3 is 19.4 Å². The van der Waals surface area contributed by atoms with Crippen LogP contribution in [0, 0.1) is 0 Å². The fourth-order valence-corrected chi connectivity index (χ4v) is 6.43. The van der Waals surface area contributed by atoms with Crippen molar-refractivity contribution in [3.05, 3.63) is 86.2 Å². The fourth-order valence-electron chi connectivity index (χ4n) is 6.30. The number of fused-ring (bicyclic) bond motifs is 5. The zero-order valence-corrected chi connectivity index (χ0v) is 23.6. The zero-order chi connectivity index (χ0) is 29.3. The monoisotopic (exact) mass is 584 g/mol. The number of ether oxygens (including phenoxy) is 2. The van der Waals surface area contributed by atoms with Crippen molar-refractivity contribution in [1.82, 2.24) is 9.55 Å². The molecule has 7 rings (SSSR count). The molecule has 2 amide bonds. The third kappa shape index (κ3) is 3.75. The van der Waals surface area contributed by atoms with Gasteiger partial charge in [0.25, 0.3) is 5.56 Å². The molecular weight excluding hydrogens is 560 g/mol. The van der Waals surface area contributed by atoms with E-state index in [0.717, 1.165) is 16.5 Å². The Labute approximate surface area is 244 Å². The largest absolute Gasteiger partial charge is 0.457 e. The first-order chi connectivity index (χ1) is 20.2. The molecular formula is C31H25ClN4O6. The molecule has 0 aliphatic carbocycles. The molecule has 3 aliphatic rings. The number of cyclic esters (lactones) is 1. The molecule has 0 bridgehead atoms. The van der Waals surface area contributed by atoms with E-state index < -0.39 is 17.5 Å². The summed E-state index contributed by atoms with van der Waals surface area (Å²) < 4.78 is 12.5. The molecule has 4 aromatic rings. The van der Waals surface area contributed by atoms with Gasteiger partial charge in [-0.1, -0.05) is 36.7 Å². The van der Waals surface area contributed by atoms with Crippen molar-refractivity contribution in [2.45, 2.75) is 45.4 Å². The summed E-state index contributed by atoms with van der Waals surface area (Å²) in [6.45, 7) is 3.24. The minimum Gasteiger partial charge on any atom is -0.457 e. The maximum atomic E-state index is 13.9. The van der Waals surface area contributed by atoms with E-state index in [1.165, 1.54) is 6.92 Å². The number of anilines is 2. The summed E-state index contributed by atoms with van der Waals surface area (Å²) in [4.78, 5) is 59.2. The van der Waals surface area contributed by atoms with E-state index in [2.05, 4.69) is 5.32 Å². The molecule has 0 spiro atoms. The molecule has 0 saturated carbocycles. The molecule has 10 nitrogen and oxygen atoms in total. The van der Waals surface area contributed by atoms with E-state index in [-0.39, 0.29) is 36.7 Å². The Hall–Kier alpha value is -4.70. The number of pyridine rings is 2. The van der Waals surface area contributed by atoms with Crippen LogP contribution in [-0.4, -0.2) is 34.1 Å². The summed E-state index contributed by atoms with van der Waals surface area (Å²) in [6, 6.07) is 14.4. The van der Waals surface area contributed by atoms with Crippen LogP contribution >= 0.6 is 11.6 Å². The summed E-state index contributed by atoms with van der Waals surface area (Å²) in [5, 5.41) is 4.41. The lowest BCUT2D eigenvalue weighted by Gasteiger charge is -2.35. The summed E-state index contributed by atoms with van der Waals surface area (Å²) in [5.41, 5.74) is 3.22. The van der Waals surface area contributed by atoms with Crippen molar-refractivity contribution in [2.24, 2.45) is 0 Å². The predicted octanol–water partition coefficient (Wildman–Crippen LogP) is 4.90. The minimum absolute atomic E-state index is 0.0899. The molecule has 5 heterocycles. The van der Waals surface area contributed by atoms with E-state index >= 15 is 0 Å². The second kappa shape index (κ2) is 9.42. The summed E-state index contributed by atoms with van der Waals surface area (Å²) in [5.74, 6) is -1.38. The van der Waals surface area contributed by atoms with E-state index in [0.29, 0.717) is 51.8 Å². The molecule has 1 atom stereocenters. The Balaban J connectivity index is 1.42. The second-order valence-corrected chi connectivity index (χ2v) is 11.0. The van der Waals surface area contributed by atoms with Gasteiger partial charge in [0.1, 0.15) is 6.61 Å². The Morgan fingerprint density at radius 2 is 1.93 bits per heavy atom. The lowest BCUT2D eigenvalue weighted by atomic mass is 9.85. The number of carbonyl (C=O) groups is 3. The topological polar surface area (TPSA) is 120 Å². The first-order valence-corrected chi connectivity index (χ1v) is 14.0. The number of aromatic nitrogens is 2. The highest BCUT2D eigenvalue weighted by Gasteiger charge is 2.50. The van der Waals surface area contributed by atoms with Crippen LogP contribution in [0.5, 0.6) is 0 Å². The third-order valence-electron chi connectivity index (χ3n) is 8.26. The van der Waals surface area contributed by atoms with E-state index in [9.17, 15) is 19.2 Å². The highest BCUT2D eigenvalue weighted by molar-refractivity contribution is 6.30. The molecule has 2 aromatic heterocycles. The van der Waals surface area contributed by atoms with Crippen LogP contribution in [-0.2, 0) is 44.2 Å². The van der Waals surface area contributed by atoms with Crippen molar-refractivity contribution in [3.8, 4) is 11.4 Å². The number of nitrogens with zero attached hydrogens (tertiary/aromatic N) is 3. The summed E-state index contributed by atoms with van der Waals surface area (Å²) in [6.07, 6.45) is 0.667. The van der Waals surface area contributed by atoms with Crippen LogP contribution < -0.4 is 15.8 Å². The number of nitrogens with one attached hydrogen (secondary N) is 1. The number of urea groups is 1. The van der Waals surface area contributed by atoms with E-state index in [1.807, 2.05) is 42.5 Å². The Morgan fingerprint density at radius 3 is 2.67 bits per heavy atom. The van der Waals surface area contributed by atoms with Crippen LogP contribution in [0.1, 0.15) is 42.5 Å². The number of amides is 2. The van der Waals surface area contributed by atoms with Crippen molar-refractivity contribution in [1.29, 1.82) is 0 Å². The summed E-state index contributed by atoms with van der Waals surface area (Å²) in [7, 11) is 0. The second-order valence-electron chi connectivity index (χ2n) is 10.6. The van der Waals surface area contributed by atoms with Gasteiger partial charge >= 0.3 is 18.0 Å². The van der Waals surface area contributed by atoms with Crippen LogP contribution in [0.3, 0.4) is 0 Å². The van der Waals surface area contributed by atoms with Gasteiger partial charge in [0, 0.05) is 35.0 Å². The van der Waals surface area contributed by atoms with E-state index in [1.54, 1.807) is 22.5 Å². The van der Waals surface area contributed by atoms with Gasteiger partial charge in [-0.3, -0.25) is 14.5 Å². The first-order valence-electron chi connectivity index (χ1n) is 13.6. The number of halogens is 1. The maximum absolute atomic E-state index is 13.9. The Bertz CT molecular complexity index is 1920. The quantitative estimate of drug-likeness (QED) is 0.292. The standard InChI is InChI=1S/C31H25ClN4O6/c1-3-31(42-16(2)37)21-13-24-26-19(14-36(24)28(38)20(21)15-41-29(31)39)27-25-22(33-26)5-4-6-23(25)34-30(40)35(27)12-11-17-7-9-18(32)10-8-17/h4-10,13H,3,11-12,14-15H2,1-2H3,(H,34,40)/t31-/m0/s1. The fraction of sp³-hybridized carbons (Fsp3) is 0.258. The SMILES string of the molecule is CC[C@@]1(OC(C)=O)C(=O)OCc2c1cc1n(c2=O)Cc2c-1nc1cccc3c1c2N(CCc1ccc(Cl)cc1)C(=O)N3. The average molecular weight is 585 g/mol.